The molecule has 3 aromatic carbocycles. The topological polar surface area (TPSA) is 49.4 Å². The fourth-order valence-electron chi connectivity index (χ4n) is 4.41. The summed E-state index contributed by atoms with van der Waals surface area (Å²) < 4.78 is 0. The lowest BCUT2D eigenvalue weighted by molar-refractivity contribution is -0.135. The monoisotopic (exact) mass is 446 g/mol. The number of carbonyl (C=O) groups excluding carboxylic acids is 2. The first-order valence-corrected chi connectivity index (χ1v) is 12.5. The summed E-state index contributed by atoms with van der Waals surface area (Å²) in [5.74, 6) is 0.0419. The zero-order valence-corrected chi connectivity index (χ0v) is 19.4. The number of amides is 2. The van der Waals surface area contributed by atoms with E-state index < -0.39 is 0 Å². The van der Waals surface area contributed by atoms with Crippen LogP contribution in [0.4, 0.5) is 0 Å². The largest absolute Gasteiger partial charge is 0.355 e. The number of nitrogens with zero attached hydrogens (tertiary/aromatic N) is 1. The van der Waals surface area contributed by atoms with E-state index in [9.17, 15) is 9.59 Å². The average molecular weight is 447 g/mol. The summed E-state index contributed by atoms with van der Waals surface area (Å²) >= 11 is 1.73. The summed E-state index contributed by atoms with van der Waals surface area (Å²) in [6.45, 7) is 1.87. The van der Waals surface area contributed by atoms with Crippen molar-refractivity contribution in [2.24, 2.45) is 5.92 Å². The number of hydrogen-bond donors (Lipinski definition) is 1. The van der Waals surface area contributed by atoms with E-state index in [-0.39, 0.29) is 17.7 Å². The third-order valence-electron chi connectivity index (χ3n) is 6.24. The molecule has 0 aromatic heterocycles. The molecular weight excluding hydrogens is 416 g/mol. The number of nitrogens with one attached hydrogen (secondary N) is 1. The van der Waals surface area contributed by atoms with Crippen molar-refractivity contribution >= 4 is 34.3 Å². The summed E-state index contributed by atoms with van der Waals surface area (Å²) in [6, 6.07) is 22.7. The number of rotatable bonds is 7. The van der Waals surface area contributed by atoms with Crippen LogP contribution in [0.2, 0.25) is 0 Å². The molecule has 0 radical (unpaired) electrons. The molecule has 0 spiro atoms. The standard InChI is InChI=1S/C27H30N2O2S/c1-32-24-13-11-20(12-14-24)15-16-28-27(31)23-9-5-17-29(19-23)26(30)18-22-8-4-7-21-6-2-3-10-25(21)22/h2-4,6-8,10-14,23H,5,9,15-19H2,1H3,(H,28,31). The van der Waals surface area contributed by atoms with Gasteiger partial charge in [-0.1, -0.05) is 54.6 Å². The Morgan fingerprint density at radius 1 is 1.03 bits per heavy atom. The summed E-state index contributed by atoms with van der Waals surface area (Å²) in [4.78, 5) is 28.9. The molecule has 1 saturated heterocycles. The van der Waals surface area contributed by atoms with Gasteiger partial charge in [-0.3, -0.25) is 9.59 Å². The molecule has 3 aromatic rings. The Morgan fingerprint density at radius 2 is 1.81 bits per heavy atom. The Balaban J connectivity index is 1.30. The minimum Gasteiger partial charge on any atom is -0.355 e. The predicted octanol–water partition coefficient (Wildman–Crippen LogP) is 4.70. The molecule has 1 aliphatic rings. The first kappa shape index (κ1) is 22.4. The molecular formula is C27H30N2O2S. The van der Waals surface area contributed by atoms with Gasteiger partial charge in [0.15, 0.2) is 0 Å². The maximum Gasteiger partial charge on any atom is 0.227 e. The summed E-state index contributed by atoms with van der Waals surface area (Å²) in [7, 11) is 0. The molecule has 1 fully saturated rings. The molecule has 1 heterocycles. The molecule has 2 amide bonds. The van der Waals surface area contributed by atoms with Crippen molar-refractivity contribution in [2.75, 3.05) is 25.9 Å². The molecule has 166 valence electrons. The highest BCUT2D eigenvalue weighted by molar-refractivity contribution is 7.98. The SMILES string of the molecule is CSc1ccc(CCNC(=O)C2CCCN(C(=O)Cc3cccc4ccccc34)C2)cc1. The Hall–Kier alpha value is -2.79. The van der Waals surface area contributed by atoms with Gasteiger partial charge in [0.2, 0.25) is 11.8 Å². The van der Waals surface area contributed by atoms with Crippen LogP contribution in [-0.4, -0.2) is 42.6 Å². The molecule has 1 aliphatic heterocycles. The summed E-state index contributed by atoms with van der Waals surface area (Å²) in [5, 5.41) is 5.36. The normalized spacial score (nSPS) is 16.2. The highest BCUT2D eigenvalue weighted by Gasteiger charge is 2.28. The van der Waals surface area contributed by atoms with Crippen LogP contribution >= 0.6 is 11.8 Å². The molecule has 4 rings (SSSR count). The van der Waals surface area contributed by atoms with Crippen LogP contribution in [0.5, 0.6) is 0 Å². The number of carbonyl (C=O) groups is 2. The third-order valence-corrected chi connectivity index (χ3v) is 6.98. The van der Waals surface area contributed by atoms with Gasteiger partial charge >= 0.3 is 0 Å². The quantitative estimate of drug-likeness (QED) is 0.535. The van der Waals surface area contributed by atoms with Crippen LogP contribution in [-0.2, 0) is 22.4 Å². The first-order valence-electron chi connectivity index (χ1n) is 11.3. The number of thioether (sulfide) groups is 1. The zero-order valence-electron chi connectivity index (χ0n) is 18.5. The predicted molar refractivity (Wildman–Crippen MR) is 132 cm³/mol. The summed E-state index contributed by atoms with van der Waals surface area (Å²) in [6.07, 6.45) is 4.97. The van der Waals surface area contributed by atoms with Crippen molar-refractivity contribution in [3.8, 4) is 0 Å². The van der Waals surface area contributed by atoms with Crippen molar-refractivity contribution < 1.29 is 9.59 Å². The third kappa shape index (κ3) is 5.52. The maximum absolute atomic E-state index is 13.0. The zero-order chi connectivity index (χ0) is 22.3. The molecule has 1 N–H and O–H groups in total. The number of fused-ring (bicyclic) bond motifs is 1. The minimum absolute atomic E-state index is 0.0633. The molecule has 0 aliphatic carbocycles. The lowest BCUT2D eigenvalue weighted by Crippen LogP contribution is -2.46. The van der Waals surface area contributed by atoms with E-state index in [4.69, 9.17) is 0 Å². The average Bonchev–Trinajstić information content (AvgIpc) is 2.84. The summed E-state index contributed by atoms with van der Waals surface area (Å²) in [5.41, 5.74) is 2.27. The Morgan fingerprint density at radius 3 is 2.62 bits per heavy atom. The van der Waals surface area contributed by atoms with E-state index in [1.54, 1.807) is 11.8 Å². The van der Waals surface area contributed by atoms with Crippen LogP contribution < -0.4 is 5.32 Å². The van der Waals surface area contributed by atoms with Gasteiger partial charge in [0, 0.05) is 24.5 Å². The highest BCUT2D eigenvalue weighted by Crippen LogP contribution is 2.22. The van der Waals surface area contributed by atoms with Crippen molar-refractivity contribution in [2.45, 2.75) is 30.6 Å². The smallest absolute Gasteiger partial charge is 0.227 e. The van der Waals surface area contributed by atoms with E-state index in [1.807, 2.05) is 29.2 Å². The van der Waals surface area contributed by atoms with Crippen molar-refractivity contribution in [1.82, 2.24) is 10.2 Å². The second kappa shape index (κ2) is 10.7. The first-order chi connectivity index (χ1) is 15.6. The lowest BCUT2D eigenvalue weighted by Gasteiger charge is -2.32. The molecule has 0 bridgehead atoms. The molecule has 1 atom stereocenters. The van der Waals surface area contributed by atoms with Gasteiger partial charge in [0.1, 0.15) is 0 Å². The number of likely N-dealkylation sites (tertiary alicyclic amines) is 1. The van der Waals surface area contributed by atoms with Gasteiger partial charge in [0.05, 0.1) is 12.3 Å². The van der Waals surface area contributed by atoms with Gasteiger partial charge in [0.25, 0.3) is 0 Å². The van der Waals surface area contributed by atoms with Crippen molar-refractivity contribution in [3.63, 3.8) is 0 Å². The number of piperidine rings is 1. The van der Waals surface area contributed by atoms with Gasteiger partial charge in [-0.25, -0.2) is 0 Å². The van der Waals surface area contributed by atoms with Crippen LogP contribution in [0, 0.1) is 5.92 Å². The second-order valence-electron chi connectivity index (χ2n) is 8.38. The minimum atomic E-state index is -0.126. The van der Waals surface area contributed by atoms with E-state index in [0.29, 0.717) is 19.5 Å². The Kier molecular flexibility index (Phi) is 7.48. The number of benzene rings is 3. The molecule has 1 unspecified atom stereocenters. The Labute approximate surface area is 194 Å². The lowest BCUT2D eigenvalue weighted by atomic mass is 9.95. The second-order valence-corrected chi connectivity index (χ2v) is 9.26. The highest BCUT2D eigenvalue weighted by atomic mass is 32.2. The van der Waals surface area contributed by atoms with Crippen LogP contribution in [0.1, 0.15) is 24.0 Å². The van der Waals surface area contributed by atoms with Gasteiger partial charge in [-0.05, 0) is 59.6 Å². The van der Waals surface area contributed by atoms with Gasteiger partial charge < -0.3 is 10.2 Å². The van der Waals surface area contributed by atoms with Crippen molar-refractivity contribution in [3.05, 3.63) is 77.9 Å². The van der Waals surface area contributed by atoms with Crippen LogP contribution in [0.25, 0.3) is 10.8 Å². The maximum atomic E-state index is 13.0. The van der Waals surface area contributed by atoms with Crippen molar-refractivity contribution in [1.29, 1.82) is 0 Å². The van der Waals surface area contributed by atoms with E-state index in [2.05, 4.69) is 54.0 Å². The van der Waals surface area contributed by atoms with E-state index >= 15 is 0 Å². The van der Waals surface area contributed by atoms with E-state index in [0.717, 1.165) is 42.1 Å². The molecule has 4 nitrogen and oxygen atoms in total. The number of hydrogen-bond acceptors (Lipinski definition) is 3. The molecule has 32 heavy (non-hydrogen) atoms. The molecule has 5 heteroatoms. The van der Waals surface area contributed by atoms with E-state index in [1.165, 1.54) is 10.5 Å². The van der Waals surface area contributed by atoms with Crippen LogP contribution in [0.15, 0.2) is 71.6 Å². The van der Waals surface area contributed by atoms with Gasteiger partial charge in [-0.15, -0.1) is 11.8 Å². The Bertz CT molecular complexity index is 1080. The van der Waals surface area contributed by atoms with Gasteiger partial charge in [-0.2, -0.15) is 0 Å². The fourth-order valence-corrected chi connectivity index (χ4v) is 4.81. The fraction of sp³-hybridized carbons (Fsp3) is 0.333. The van der Waals surface area contributed by atoms with Crippen LogP contribution in [0.3, 0.4) is 0 Å². The molecule has 0 saturated carbocycles.